The van der Waals surface area contributed by atoms with Crippen molar-refractivity contribution in [2.45, 2.75) is 25.5 Å². The van der Waals surface area contributed by atoms with Gasteiger partial charge in [-0.05, 0) is 31.0 Å². The molecule has 1 amide bonds. The fourth-order valence-corrected chi connectivity index (χ4v) is 2.04. The second kappa shape index (κ2) is 6.38. The Morgan fingerprint density at radius 1 is 1.56 bits per heavy atom. The molecule has 0 spiro atoms. The van der Waals surface area contributed by atoms with Crippen LogP contribution in [0, 0.1) is 6.92 Å². The lowest BCUT2D eigenvalue weighted by molar-refractivity contribution is -0.117. The molecule has 18 heavy (non-hydrogen) atoms. The SMILES string of the molecule is Cc1ccc(Cl)c(NC(=O)C2CC(O)CN2)c1.Cl. The van der Waals surface area contributed by atoms with Crippen LogP contribution >= 0.6 is 24.0 Å². The summed E-state index contributed by atoms with van der Waals surface area (Å²) < 4.78 is 0. The lowest BCUT2D eigenvalue weighted by Crippen LogP contribution is -2.35. The van der Waals surface area contributed by atoms with Crippen LogP contribution in [0.25, 0.3) is 0 Å². The van der Waals surface area contributed by atoms with Crippen LogP contribution in [-0.4, -0.2) is 29.7 Å². The zero-order valence-corrected chi connectivity index (χ0v) is 11.5. The first-order valence-corrected chi connectivity index (χ1v) is 5.92. The molecule has 0 radical (unpaired) electrons. The van der Waals surface area contributed by atoms with Crippen molar-refractivity contribution in [2.75, 3.05) is 11.9 Å². The average Bonchev–Trinajstić information content (AvgIpc) is 2.70. The van der Waals surface area contributed by atoms with Crippen LogP contribution in [-0.2, 0) is 4.79 Å². The number of carbonyl (C=O) groups excluding carboxylic acids is 1. The van der Waals surface area contributed by atoms with Gasteiger partial charge < -0.3 is 15.7 Å². The summed E-state index contributed by atoms with van der Waals surface area (Å²) in [6.07, 6.45) is -0.00587. The molecule has 1 aromatic rings. The highest BCUT2D eigenvalue weighted by molar-refractivity contribution is 6.33. The van der Waals surface area contributed by atoms with Gasteiger partial charge in [0.05, 0.1) is 22.9 Å². The number of amides is 1. The fourth-order valence-electron chi connectivity index (χ4n) is 1.87. The second-order valence-electron chi connectivity index (χ2n) is 4.32. The van der Waals surface area contributed by atoms with Gasteiger partial charge in [-0.15, -0.1) is 12.4 Å². The Hall–Kier alpha value is -0.810. The molecule has 100 valence electrons. The molecule has 1 aromatic carbocycles. The van der Waals surface area contributed by atoms with E-state index in [2.05, 4.69) is 10.6 Å². The van der Waals surface area contributed by atoms with Gasteiger partial charge in [-0.2, -0.15) is 0 Å². The molecule has 1 aliphatic rings. The fraction of sp³-hybridized carbons (Fsp3) is 0.417. The van der Waals surface area contributed by atoms with Gasteiger partial charge in [-0.25, -0.2) is 0 Å². The first-order valence-electron chi connectivity index (χ1n) is 5.54. The molecule has 6 heteroatoms. The Labute approximate surface area is 117 Å². The van der Waals surface area contributed by atoms with Crippen LogP contribution in [0.2, 0.25) is 5.02 Å². The summed E-state index contributed by atoms with van der Waals surface area (Å²) >= 11 is 5.99. The third-order valence-corrected chi connectivity index (χ3v) is 3.13. The van der Waals surface area contributed by atoms with Gasteiger partial charge in [0, 0.05) is 6.54 Å². The Morgan fingerprint density at radius 3 is 2.89 bits per heavy atom. The van der Waals surface area contributed by atoms with Crippen LogP contribution in [0.4, 0.5) is 5.69 Å². The van der Waals surface area contributed by atoms with Crippen LogP contribution in [0.15, 0.2) is 18.2 Å². The van der Waals surface area contributed by atoms with Gasteiger partial charge >= 0.3 is 0 Å². The van der Waals surface area contributed by atoms with Crippen molar-refractivity contribution in [1.29, 1.82) is 0 Å². The van der Waals surface area contributed by atoms with Crippen LogP contribution in [0.5, 0.6) is 0 Å². The number of aliphatic hydroxyl groups is 1. The normalized spacial score (nSPS) is 22.4. The van der Waals surface area contributed by atoms with Gasteiger partial charge in [0.1, 0.15) is 0 Å². The number of benzene rings is 1. The predicted molar refractivity (Wildman–Crippen MR) is 74.5 cm³/mol. The third-order valence-electron chi connectivity index (χ3n) is 2.80. The van der Waals surface area contributed by atoms with Crippen molar-refractivity contribution in [3.05, 3.63) is 28.8 Å². The van der Waals surface area contributed by atoms with Gasteiger partial charge in [-0.3, -0.25) is 4.79 Å². The van der Waals surface area contributed by atoms with Crippen molar-refractivity contribution >= 4 is 35.6 Å². The minimum Gasteiger partial charge on any atom is -0.392 e. The molecular weight excluding hydrogens is 275 g/mol. The van der Waals surface area contributed by atoms with Crippen LogP contribution in [0.3, 0.4) is 0 Å². The molecule has 0 saturated carbocycles. The summed E-state index contributed by atoms with van der Waals surface area (Å²) in [5.74, 6) is -0.158. The Balaban J connectivity index is 0.00000162. The number of β-amino-alcohol motifs (C(OH)–C–C–N with tert-alkyl or cyclic N) is 1. The molecule has 0 aliphatic carbocycles. The van der Waals surface area contributed by atoms with Gasteiger partial charge in [0.2, 0.25) is 5.91 Å². The molecule has 1 aliphatic heterocycles. The topological polar surface area (TPSA) is 61.4 Å². The largest absolute Gasteiger partial charge is 0.392 e. The maximum Gasteiger partial charge on any atom is 0.241 e. The Bertz CT molecular complexity index is 440. The maximum absolute atomic E-state index is 11.9. The standard InChI is InChI=1S/C12H15ClN2O2.ClH/c1-7-2-3-9(13)10(4-7)15-12(17)11-5-8(16)6-14-11;/h2-4,8,11,14,16H,5-6H2,1H3,(H,15,17);1H. The third kappa shape index (κ3) is 3.59. The minimum absolute atomic E-state index is 0. The highest BCUT2D eigenvalue weighted by atomic mass is 35.5. The second-order valence-corrected chi connectivity index (χ2v) is 4.73. The minimum atomic E-state index is -0.446. The van der Waals surface area contributed by atoms with E-state index in [0.717, 1.165) is 5.56 Å². The molecule has 2 unspecified atom stereocenters. The molecule has 3 N–H and O–H groups in total. The first-order chi connectivity index (χ1) is 8.06. The van der Waals surface area contributed by atoms with Crippen LogP contribution < -0.4 is 10.6 Å². The molecule has 2 rings (SSSR count). The molecule has 4 nitrogen and oxygen atoms in total. The van der Waals surface area contributed by atoms with Crippen molar-refractivity contribution in [3.63, 3.8) is 0 Å². The number of rotatable bonds is 2. The van der Waals surface area contributed by atoms with E-state index >= 15 is 0 Å². The number of hydrogen-bond acceptors (Lipinski definition) is 3. The lowest BCUT2D eigenvalue weighted by atomic mass is 10.1. The maximum atomic E-state index is 11.9. The monoisotopic (exact) mass is 290 g/mol. The van der Waals surface area contributed by atoms with E-state index in [1.807, 2.05) is 19.1 Å². The Kier molecular flexibility index (Phi) is 5.41. The number of hydrogen-bond donors (Lipinski definition) is 3. The zero-order chi connectivity index (χ0) is 12.4. The molecule has 0 aromatic heterocycles. The summed E-state index contributed by atoms with van der Waals surface area (Å²) in [5.41, 5.74) is 1.64. The molecule has 1 saturated heterocycles. The summed E-state index contributed by atoms with van der Waals surface area (Å²) in [6, 6.07) is 5.12. The number of nitrogens with one attached hydrogen (secondary N) is 2. The van der Waals surface area contributed by atoms with E-state index in [4.69, 9.17) is 11.6 Å². The van der Waals surface area contributed by atoms with E-state index in [1.165, 1.54) is 0 Å². The quantitative estimate of drug-likeness (QED) is 0.777. The molecule has 1 fully saturated rings. The number of halogens is 2. The molecule has 0 bridgehead atoms. The molecule has 1 heterocycles. The summed E-state index contributed by atoms with van der Waals surface area (Å²) in [7, 11) is 0. The molecule has 2 atom stereocenters. The highest BCUT2D eigenvalue weighted by Crippen LogP contribution is 2.23. The van der Waals surface area contributed by atoms with E-state index in [0.29, 0.717) is 23.7 Å². The summed E-state index contributed by atoms with van der Waals surface area (Å²) in [6.45, 7) is 2.39. The van der Waals surface area contributed by atoms with Crippen molar-refractivity contribution in [1.82, 2.24) is 5.32 Å². The van der Waals surface area contributed by atoms with Crippen molar-refractivity contribution in [3.8, 4) is 0 Å². The average molecular weight is 291 g/mol. The predicted octanol–water partition coefficient (Wildman–Crippen LogP) is 1.73. The van der Waals surface area contributed by atoms with E-state index in [-0.39, 0.29) is 24.4 Å². The van der Waals surface area contributed by atoms with Crippen LogP contribution in [0.1, 0.15) is 12.0 Å². The zero-order valence-electron chi connectivity index (χ0n) is 9.94. The summed E-state index contributed by atoms with van der Waals surface area (Å²) in [5, 5.41) is 15.6. The number of aliphatic hydroxyl groups excluding tert-OH is 1. The first kappa shape index (κ1) is 15.2. The highest BCUT2D eigenvalue weighted by Gasteiger charge is 2.28. The number of carbonyl (C=O) groups is 1. The van der Waals surface area contributed by atoms with Gasteiger partial charge in [0.15, 0.2) is 0 Å². The van der Waals surface area contributed by atoms with E-state index in [1.54, 1.807) is 6.07 Å². The number of anilines is 1. The van der Waals surface area contributed by atoms with Crippen molar-refractivity contribution < 1.29 is 9.90 Å². The van der Waals surface area contributed by atoms with Crippen molar-refractivity contribution in [2.24, 2.45) is 0 Å². The molecular formula is C12H16Cl2N2O2. The van der Waals surface area contributed by atoms with Gasteiger partial charge in [0.25, 0.3) is 0 Å². The summed E-state index contributed by atoms with van der Waals surface area (Å²) in [4.78, 5) is 11.9. The van der Waals surface area contributed by atoms with E-state index in [9.17, 15) is 9.90 Å². The number of aryl methyl sites for hydroxylation is 1. The Morgan fingerprint density at radius 2 is 2.28 bits per heavy atom. The van der Waals surface area contributed by atoms with E-state index < -0.39 is 6.10 Å². The van der Waals surface area contributed by atoms with Gasteiger partial charge in [-0.1, -0.05) is 17.7 Å². The lowest BCUT2D eigenvalue weighted by Gasteiger charge is -2.12. The smallest absolute Gasteiger partial charge is 0.241 e.